The molecule has 1 aromatic carbocycles. The van der Waals surface area contributed by atoms with Gasteiger partial charge in [-0.15, -0.1) is 0 Å². The number of halogens is 2. The quantitative estimate of drug-likeness (QED) is 0.852. The van der Waals surface area contributed by atoms with Crippen LogP contribution < -0.4 is 5.32 Å². The Kier molecular flexibility index (Phi) is 4.39. The third kappa shape index (κ3) is 3.39. The number of anilines is 1. The molecule has 2 rings (SSSR count). The SMILES string of the molecule is CC(C)C1CSC(Nc2ccc(Br)c(Cl)c2)=N1. The van der Waals surface area contributed by atoms with E-state index < -0.39 is 0 Å². The Hall–Kier alpha value is -0.190. The zero-order valence-corrected chi connectivity index (χ0v) is 12.9. The number of aliphatic imine (C=N–C) groups is 1. The second-order valence-corrected chi connectivity index (χ2v) is 6.58. The van der Waals surface area contributed by atoms with Gasteiger partial charge in [0.05, 0.1) is 11.1 Å². The van der Waals surface area contributed by atoms with Gasteiger partial charge in [0.2, 0.25) is 0 Å². The molecular formula is C12H14BrClN2S. The largest absolute Gasteiger partial charge is 0.335 e. The number of rotatable bonds is 2. The van der Waals surface area contributed by atoms with Crippen molar-refractivity contribution >= 4 is 50.1 Å². The van der Waals surface area contributed by atoms with E-state index in [0.717, 1.165) is 21.1 Å². The van der Waals surface area contributed by atoms with Crippen molar-refractivity contribution in [2.75, 3.05) is 11.1 Å². The lowest BCUT2D eigenvalue weighted by atomic mass is 10.1. The molecule has 0 aliphatic carbocycles. The van der Waals surface area contributed by atoms with E-state index in [1.165, 1.54) is 0 Å². The predicted molar refractivity (Wildman–Crippen MR) is 81.3 cm³/mol. The molecule has 0 saturated heterocycles. The summed E-state index contributed by atoms with van der Waals surface area (Å²) in [5.74, 6) is 1.65. The topological polar surface area (TPSA) is 24.4 Å². The second kappa shape index (κ2) is 5.63. The third-order valence-corrected chi connectivity index (χ3v) is 4.84. The van der Waals surface area contributed by atoms with Crippen molar-refractivity contribution in [3.8, 4) is 0 Å². The maximum Gasteiger partial charge on any atom is 0.161 e. The maximum atomic E-state index is 6.04. The highest BCUT2D eigenvalue weighted by Gasteiger charge is 2.21. The van der Waals surface area contributed by atoms with Crippen LogP contribution in [0.25, 0.3) is 0 Å². The Morgan fingerprint density at radius 2 is 2.29 bits per heavy atom. The fourth-order valence-electron chi connectivity index (χ4n) is 1.50. The van der Waals surface area contributed by atoms with E-state index in [1.807, 2.05) is 18.2 Å². The Bertz CT molecular complexity index is 448. The molecule has 1 N–H and O–H groups in total. The van der Waals surface area contributed by atoms with Crippen LogP contribution in [0.5, 0.6) is 0 Å². The Morgan fingerprint density at radius 3 is 2.88 bits per heavy atom. The first-order chi connectivity index (χ1) is 8.06. The van der Waals surface area contributed by atoms with Crippen LogP contribution in [0.1, 0.15) is 13.8 Å². The van der Waals surface area contributed by atoms with Gasteiger partial charge in [0.15, 0.2) is 5.17 Å². The maximum absolute atomic E-state index is 6.04. The summed E-state index contributed by atoms with van der Waals surface area (Å²) in [6.45, 7) is 4.41. The van der Waals surface area contributed by atoms with Crippen molar-refractivity contribution in [3.05, 3.63) is 27.7 Å². The summed E-state index contributed by atoms with van der Waals surface area (Å²) in [7, 11) is 0. The molecule has 1 aromatic rings. The van der Waals surface area contributed by atoms with Gasteiger partial charge in [0.1, 0.15) is 0 Å². The summed E-state index contributed by atoms with van der Waals surface area (Å²) in [4.78, 5) is 4.65. The van der Waals surface area contributed by atoms with Gasteiger partial charge in [0, 0.05) is 15.9 Å². The summed E-state index contributed by atoms with van der Waals surface area (Å²) in [5, 5.41) is 5.00. The molecule has 1 atom stereocenters. The third-order valence-electron chi connectivity index (χ3n) is 2.61. The molecule has 92 valence electrons. The minimum atomic E-state index is 0.424. The molecule has 0 saturated carbocycles. The molecule has 1 heterocycles. The number of benzene rings is 1. The number of amidine groups is 1. The van der Waals surface area contributed by atoms with Crippen LogP contribution in [0.15, 0.2) is 27.7 Å². The minimum absolute atomic E-state index is 0.424. The standard InChI is InChI=1S/C12H14BrClN2S/c1-7(2)11-6-17-12(16-11)15-8-3-4-9(13)10(14)5-8/h3-5,7,11H,6H2,1-2H3,(H,15,16). The minimum Gasteiger partial charge on any atom is -0.335 e. The number of nitrogens with zero attached hydrogens (tertiary/aromatic N) is 1. The van der Waals surface area contributed by atoms with E-state index in [1.54, 1.807) is 11.8 Å². The Balaban J connectivity index is 2.06. The van der Waals surface area contributed by atoms with Gasteiger partial charge in [-0.25, -0.2) is 0 Å². The molecule has 0 spiro atoms. The smallest absolute Gasteiger partial charge is 0.161 e. The molecule has 0 aromatic heterocycles. The zero-order valence-electron chi connectivity index (χ0n) is 9.71. The van der Waals surface area contributed by atoms with E-state index in [4.69, 9.17) is 11.6 Å². The van der Waals surface area contributed by atoms with Crippen LogP contribution in [-0.4, -0.2) is 17.0 Å². The van der Waals surface area contributed by atoms with Gasteiger partial charge in [-0.05, 0) is 40.0 Å². The van der Waals surface area contributed by atoms with Crippen LogP contribution in [0.3, 0.4) is 0 Å². The average Bonchev–Trinajstić information content (AvgIpc) is 2.72. The molecule has 1 aliphatic rings. The zero-order chi connectivity index (χ0) is 12.4. The average molecular weight is 334 g/mol. The molecule has 17 heavy (non-hydrogen) atoms. The summed E-state index contributed by atoms with van der Waals surface area (Å²) in [6.07, 6.45) is 0. The van der Waals surface area contributed by atoms with Crippen LogP contribution >= 0.6 is 39.3 Å². The molecule has 0 fully saturated rings. The highest BCUT2D eigenvalue weighted by Crippen LogP contribution is 2.28. The number of hydrogen-bond acceptors (Lipinski definition) is 3. The van der Waals surface area contributed by atoms with Crippen LogP contribution in [0.2, 0.25) is 5.02 Å². The van der Waals surface area contributed by atoms with Gasteiger partial charge in [0.25, 0.3) is 0 Å². The summed E-state index contributed by atoms with van der Waals surface area (Å²) < 4.78 is 0.908. The van der Waals surface area contributed by atoms with Gasteiger partial charge in [-0.1, -0.05) is 37.2 Å². The Labute approximate surface area is 119 Å². The van der Waals surface area contributed by atoms with Gasteiger partial charge >= 0.3 is 0 Å². The predicted octanol–water partition coefficient (Wildman–Crippen LogP) is 4.64. The van der Waals surface area contributed by atoms with Crippen molar-refractivity contribution in [2.45, 2.75) is 19.9 Å². The highest BCUT2D eigenvalue weighted by atomic mass is 79.9. The van der Waals surface area contributed by atoms with Crippen molar-refractivity contribution in [1.29, 1.82) is 0 Å². The number of hydrogen-bond donors (Lipinski definition) is 1. The number of thioether (sulfide) groups is 1. The summed E-state index contributed by atoms with van der Waals surface area (Å²) >= 11 is 11.2. The van der Waals surface area contributed by atoms with Crippen molar-refractivity contribution in [3.63, 3.8) is 0 Å². The fraction of sp³-hybridized carbons (Fsp3) is 0.417. The summed E-state index contributed by atoms with van der Waals surface area (Å²) in [5.41, 5.74) is 0.980. The van der Waals surface area contributed by atoms with Crippen LogP contribution in [0.4, 0.5) is 5.69 Å². The van der Waals surface area contributed by atoms with E-state index >= 15 is 0 Å². The van der Waals surface area contributed by atoms with Gasteiger partial charge in [-0.3, -0.25) is 4.99 Å². The molecule has 2 nitrogen and oxygen atoms in total. The first-order valence-electron chi connectivity index (χ1n) is 5.49. The molecule has 5 heteroatoms. The highest BCUT2D eigenvalue weighted by molar-refractivity contribution is 9.10. The fourth-order valence-corrected chi connectivity index (χ4v) is 3.11. The first-order valence-corrected chi connectivity index (χ1v) is 7.64. The molecule has 0 radical (unpaired) electrons. The first kappa shape index (κ1) is 13.2. The lowest BCUT2D eigenvalue weighted by Crippen LogP contribution is -2.12. The number of nitrogens with one attached hydrogen (secondary N) is 1. The van der Waals surface area contributed by atoms with Crippen LogP contribution in [0, 0.1) is 5.92 Å². The Morgan fingerprint density at radius 1 is 1.53 bits per heavy atom. The van der Waals surface area contributed by atoms with E-state index in [0.29, 0.717) is 17.0 Å². The van der Waals surface area contributed by atoms with Gasteiger partial charge < -0.3 is 5.32 Å². The van der Waals surface area contributed by atoms with E-state index in [2.05, 4.69) is 40.1 Å². The van der Waals surface area contributed by atoms with E-state index in [-0.39, 0.29) is 0 Å². The molecule has 1 unspecified atom stereocenters. The normalized spacial score (nSPS) is 19.6. The second-order valence-electron chi connectivity index (χ2n) is 4.31. The van der Waals surface area contributed by atoms with Crippen molar-refractivity contribution < 1.29 is 0 Å². The monoisotopic (exact) mass is 332 g/mol. The molecule has 0 amide bonds. The molecular weight excluding hydrogens is 320 g/mol. The lowest BCUT2D eigenvalue weighted by molar-refractivity contribution is 0.543. The van der Waals surface area contributed by atoms with E-state index in [9.17, 15) is 0 Å². The molecule has 0 bridgehead atoms. The molecule has 1 aliphatic heterocycles. The van der Waals surface area contributed by atoms with Crippen molar-refractivity contribution in [2.24, 2.45) is 10.9 Å². The summed E-state index contributed by atoms with van der Waals surface area (Å²) in [6, 6.07) is 6.25. The van der Waals surface area contributed by atoms with Crippen LogP contribution in [-0.2, 0) is 0 Å². The van der Waals surface area contributed by atoms with Crippen molar-refractivity contribution in [1.82, 2.24) is 0 Å². The lowest BCUT2D eigenvalue weighted by Gasteiger charge is -2.08. The van der Waals surface area contributed by atoms with Gasteiger partial charge in [-0.2, -0.15) is 0 Å².